The quantitative estimate of drug-likeness (QED) is 0.916. The van der Waals surface area contributed by atoms with Crippen molar-refractivity contribution in [2.75, 3.05) is 13.2 Å². The second-order valence-electron chi connectivity index (χ2n) is 4.67. The molecule has 106 valence electrons. The Kier molecular flexibility index (Phi) is 4.63. The Morgan fingerprint density at radius 2 is 2.16 bits per heavy atom. The number of alkyl halides is 3. The molecule has 1 fully saturated rings. The van der Waals surface area contributed by atoms with Crippen molar-refractivity contribution in [2.24, 2.45) is 0 Å². The predicted octanol–water partition coefficient (Wildman–Crippen LogP) is 3.01. The summed E-state index contributed by atoms with van der Waals surface area (Å²) in [6.07, 6.45) is 0.853. The SMILES string of the molecule is FC(F)(F)c1ccc(OCC[C@@H]2CCCCN2)nc1. The number of rotatable bonds is 4. The van der Waals surface area contributed by atoms with Crippen molar-refractivity contribution < 1.29 is 17.9 Å². The summed E-state index contributed by atoms with van der Waals surface area (Å²) in [6.45, 7) is 1.50. The Morgan fingerprint density at radius 3 is 2.74 bits per heavy atom. The maximum atomic E-state index is 12.3. The first-order valence-corrected chi connectivity index (χ1v) is 6.45. The van der Waals surface area contributed by atoms with Gasteiger partial charge in [0.05, 0.1) is 12.2 Å². The highest BCUT2D eigenvalue weighted by Gasteiger charge is 2.30. The zero-order valence-electron chi connectivity index (χ0n) is 10.5. The third-order valence-corrected chi connectivity index (χ3v) is 3.19. The van der Waals surface area contributed by atoms with Gasteiger partial charge in [0.2, 0.25) is 5.88 Å². The van der Waals surface area contributed by atoms with Gasteiger partial charge in [0.25, 0.3) is 0 Å². The van der Waals surface area contributed by atoms with Crippen molar-refractivity contribution in [3.8, 4) is 5.88 Å². The molecule has 3 nitrogen and oxygen atoms in total. The smallest absolute Gasteiger partial charge is 0.417 e. The van der Waals surface area contributed by atoms with Gasteiger partial charge in [-0.1, -0.05) is 6.42 Å². The lowest BCUT2D eigenvalue weighted by Gasteiger charge is -2.23. The van der Waals surface area contributed by atoms with E-state index in [2.05, 4.69) is 10.3 Å². The minimum atomic E-state index is -4.35. The van der Waals surface area contributed by atoms with Crippen molar-refractivity contribution in [2.45, 2.75) is 37.9 Å². The van der Waals surface area contributed by atoms with E-state index in [0.717, 1.165) is 31.6 Å². The van der Waals surface area contributed by atoms with Crippen LogP contribution in [-0.2, 0) is 6.18 Å². The summed E-state index contributed by atoms with van der Waals surface area (Å²) in [7, 11) is 0. The van der Waals surface area contributed by atoms with E-state index in [1.54, 1.807) is 0 Å². The van der Waals surface area contributed by atoms with Crippen molar-refractivity contribution in [3.05, 3.63) is 23.9 Å². The third kappa shape index (κ3) is 4.38. The van der Waals surface area contributed by atoms with E-state index in [1.165, 1.54) is 18.9 Å². The van der Waals surface area contributed by atoms with E-state index in [0.29, 0.717) is 12.6 Å². The molecule has 2 heterocycles. The fourth-order valence-corrected chi connectivity index (χ4v) is 2.11. The third-order valence-electron chi connectivity index (χ3n) is 3.19. The molecule has 0 amide bonds. The van der Waals surface area contributed by atoms with Crippen molar-refractivity contribution in [1.82, 2.24) is 10.3 Å². The number of pyridine rings is 1. The number of piperidine rings is 1. The van der Waals surface area contributed by atoms with Crippen molar-refractivity contribution in [3.63, 3.8) is 0 Å². The zero-order valence-corrected chi connectivity index (χ0v) is 10.5. The molecule has 1 N–H and O–H groups in total. The van der Waals surface area contributed by atoms with Crippen molar-refractivity contribution >= 4 is 0 Å². The molecule has 1 aliphatic heterocycles. The summed E-state index contributed by atoms with van der Waals surface area (Å²) in [4.78, 5) is 3.67. The number of hydrogen-bond acceptors (Lipinski definition) is 3. The molecule has 0 aliphatic carbocycles. The molecule has 0 radical (unpaired) electrons. The van der Waals surface area contributed by atoms with Crippen molar-refractivity contribution in [1.29, 1.82) is 0 Å². The van der Waals surface area contributed by atoms with E-state index in [9.17, 15) is 13.2 Å². The number of hydrogen-bond donors (Lipinski definition) is 1. The van der Waals surface area contributed by atoms with Crippen LogP contribution in [0, 0.1) is 0 Å². The summed E-state index contributed by atoms with van der Waals surface area (Å²) in [5, 5.41) is 3.39. The molecule has 1 saturated heterocycles. The van der Waals surface area contributed by atoms with Crippen LogP contribution in [0.5, 0.6) is 5.88 Å². The number of nitrogens with zero attached hydrogens (tertiary/aromatic N) is 1. The highest BCUT2D eigenvalue weighted by atomic mass is 19.4. The first-order chi connectivity index (χ1) is 9.05. The normalized spacial score (nSPS) is 20.3. The fourth-order valence-electron chi connectivity index (χ4n) is 2.11. The maximum Gasteiger partial charge on any atom is 0.417 e. The average Bonchev–Trinajstić information content (AvgIpc) is 2.39. The average molecular weight is 274 g/mol. The Balaban J connectivity index is 1.76. The molecule has 0 saturated carbocycles. The predicted molar refractivity (Wildman–Crippen MR) is 65.0 cm³/mol. The second kappa shape index (κ2) is 6.23. The van der Waals surface area contributed by atoms with Gasteiger partial charge in [0.15, 0.2) is 0 Å². The van der Waals surface area contributed by atoms with Crippen LogP contribution in [0.25, 0.3) is 0 Å². The molecular formula is C13H17F3N2O. The Labute approximate surface area is 110 Å². The van der Waals surface area contributed by atoms with Gasteiger partial charge >= 0.3 is 6.18 Å². The lowest BCUT2D eigenvalue weighted by atomic mass is 10.0. The van der Waals surface area contributed by atoms with Crippen LogP contribution in [0.1, 0.15) is 31.2 Å². The largest absolute Gasteiger partial charge is 0.478 e. The van der Waals surface area contributed by atoms with Crippen LogP contribution < -0.4 is 10.1 Å². The molecule has 1 aliphatic rings. The molecule has 19 heavy (non-hydrogen) atoms. The van der Waals surface area contributed by atoms with Gasteiger partial charge < -0.3 is 10.1 Å². The standard InChI is InChI=1S/C13H17F3N2O/c14-13(15,16)10-4-5-12(18-9-10)19-8-6-11-3-1-2-7-17-11/h4-5,9,11,17H,1-3,6-8H2/t11-/m0/s1. The molecule has 6 heteroatoms. The molecule has 2 rings (SSSR count). The Hall–Kier alpha value is -1.30. The summed E-state index contributed by atoms with van der Waals surface area (Å²) >= 11 is 0. The van der Waals surface area contributed by atoms with E-state index in [1.807, 2.05) is 0 Å². The molecule has 1 aromatic rings. The summed E-state index contributed by atoms with van der Waals surface area (Å²) in [5.74, 6) is 0.240. The molecule has 1 atom stereocenters. The molecule has 1 aromatic heterocycles. The first kappa shape index (κ1) is 14.1. The number of nitrogens with one attached hydrogen (secondary N) is 1. The van der Waals surface area contributed by atoms with E-state index < -0.39 is 11.7 Å². The highest BCUT2D eigenvalue weighted by Crippen LogP contribution is 2.29. The van der Waals surface area contributed by atoms with Gasteiger partial charge in [-0.2, -0.15) is 13.2 Å². The Bertz CT molecular complexity index is 386. The van der Waals surface area contributed by atoms with Crippen LogP contribution in [0.4, 0.5) is 13.2 Å². The maximum absolute atomic E-state index is 12.3. The van der Waals surface area contributed by atoms with Crippen LogP contribution in [0.3, 0.4) is 0 Å². The highest BCUT2D eigenvalue weighted by molar-refractivity contribution is 5.20. The van der Waals surface area contributed by atoms with Crippen LogP contribution in [-0.4, -0.2) is 24.2 Å². The summed E-state index contributed by atoms with van der Waals surface area (Å²) < 4.78 is 42.3. The molecule has 0 bridgehead atoms. The molecular weight excluding hydrogens is 257 g/mol. The molecule has 0 aromatic carbocycles. The lowest BCUT2D eigenvalue weighted by molar-refractivity contribution is -0.137. The zero-order chi connectivity index (χ0) is 13.7. The van der Waals surface area contributed by atoms with Crippen LogP contribution in [0.15, 0.2) is 18.3 Å². The van der Waals surface area contributed by atoms with Gasteiger partial charge in [-0.05, 0) is 31.9 Å². The van der Waals surface area contributed by atoms with Gasteiger partial charge in [-0.25, -0.2) is 4.98 Å². The fraction of sp³-hybridized carbons (Fsp3) is 0.615. The molecule has 0 spiro atoms. The monoisotopic (exact) mass is 274 g/mol. The second-order valence-corrected chi connectivity index (χ2v) is 4.67. The van der Waals surface area contributed by atoms with Gasteiger partial charge in [-0.15, -0.1) is 0 Å². The van der Waals surface area contributed by atoms with Crippen LogP contribution in [0.2, 0.25) is 0 Å². The lowest BCUT2D eigenvalue weighted by Crippen LogP contribution is -2.35. The number of halogens is 3. The van der Waals surface area contributed by atoms with Crippen LogP contribution >= 0.6 is 0 Å². The minimum Gasteiger partial charge on any atom is -0.478 e. The van der Waals surface area contributed by atoms with E-state index >= 15 is 0 Å². The van der Waals surface area contributed by atoms with Gasteiger partial charge in [0, 0.05) is 18.3 Å². The van der Waals surface area contributed by atoms with E-state index in [4.69, 9.17) is 4.74 Å². The van der Waals surface area contributed by atoms with Gasteiger partial charge in [0.1, 0.15) is 0 Å². The Morgan fingerprint density at radius 1 is 1.32 bits per heavy atom. The summed E-state index contributed by atoms with van der Waals surface area (Å²) in [5.41, 5.74) is -0.756. The number of aromatic nitrogens is 1. The molecule has 0 unspecified atom stereocenters. The summed E-state index contributed by atoms with van der Waals surface area (Å²) in [6, 6.07) is 2.70. The topological polar surface area (TPSA) is 34.1 Å². The van der Waals surface area contributed by atoms with Gasteiger partial charge in [-0.3, -0.25) is 0 Å². The van der Waals surface area contributed by atoms with E-state index in [-0.39, 0.29) is 5.88 Å². The minimum absolute atomic E-state index is 0.240. The first-order valence-electron chi connectivity index (χ1n) is 6.45. The number of ether oxygens (including phenoxy) is 1.